The van der Waals surface area contributed by atoms with E-state index in [4.69, 9.17) is 5.73 Å². The summed E-state index contributed by atoms with van der Waals surface area (Å²) in [7, 11) is 0. The molecular formula is C21H17N5. The molecule has 2 N–H and O–H groups in total. The number of nitrogens with zero attached hydrogens (tertiary/aromatic N) is 4. The van der Waals surface area contributed by atoms with Gasteiger partial charge in [-0.15, -0.1) is 0 Å². The topological polar surface area (TPSA) is 77.6 Å². The first-order chi connectivity index (χ1) is 12.8. The van der Waals surface area contributed by atoms with Crippen molar-refractivity contribution < 1.29 is 0 Å². The van der Waals surface area contributed by atoms with Crippen LogP contribution in [0.2, 0.25) is 0 Å². The molecule has 3 heterocycles. The predicted octanol–water partition coefficient (Wildman–Crippen LogP) is 3.77. The minimum Gasteiger partial charge on any atom is -0.368 e. The fourth-order valence-corrected chi connectivity index (χ4v) is 2.97. The van der Waals surface area contributed by atoms with Crippen LogP contribution in [0.5, 0.6) is 0 Å². The van der Waals surface area contributed by atoms with E-state index in [-0.39, 0.29) is 5.95 Å². The van der Waals surface area contributed by atoms with Gasteiger partial charge in [0.2, 0.25) is 5.95 Å². The molecule has 3 aromatic heterocycles. The molecule has 4 rings (SSSR count). The highest BCUT2D eigenvalue weighted by Gasteiger charge is 2.17. The number of aromatic nitrogens is 4. The summed E-state index contributed by atoms with van der Waals surface area (Å²) in [6.07, 6.45) is 7.73. The highest BCUT2D eigenvalue weighted by Crippen LogP contribution is 2.32. The van der Waals surface area contributed by atoms with Crippen molar-refractivity contribution in [3.8, 4) is 22.5 Å². The quantitative estimate of drug-likeness (QED) is 0.612. The van der Waals surface area contributed by atoms with E-state index >= 15 is 0 Å². The van der Waals surface area contributed by atoms with Crippen LogP contribution >= 0.6 is 0 Å². The highest BCUT2D eigenvalue weighted by atomic mass is 15.0. The van der Waals surface area contributed by atoms with Gasteiger partial charge < -0.3 is 5.73 Å². The molecule has 0 aliphatic heterocycles. The lowest BCUT2D eigenvalue weighted by Gasteiger charge is -2.15. The normalized spacial score (nSPS) is 10.6. The molecule has 0 aliphatic carbocycles. The molecule has 0 bridgehead atoms. The molecule has 0 amide bonds. The largest absolute Gasteiger partial charge is 0.368 e. The standard InChI is InChI=1S/C21H17N5/c22-21-25-19(16-6-10-23-11-7-16)18(14-15-4-2-1-3-5-15)20(26-21)17-8-12-24-13-9-17/h1-13H,14H2,(H2,22,25,26). The minimum absolute atomic E-state index is 0.250. The number of nitrogens with two attached hydrogens (primary N) is 1. The zero-order valence-electron chi connectivity index (χ0n) is 14.1. The third-order valence-corrected chi connectivity index (χ3v) is 4.16. The van der Waals surface area contributed by atoms with Crippen LogP contribution in [0.15, 0.2) is 79.4 Å². The number of benzene rings is 1. The van der Waals surface area contributed by atoms with Gasteiger partial charge in [-0.3, -0.25) is 9.97 Å². The van der Waals surface area contributed by atoms with E-state index in [1.54, 1.807) is 24.8 Å². The van der Waals surface area contributed by atoms with E-state index in [2.05, 4.69) is 32.1 Å². The Morgan fingerprint density at radius 3 is 1.65 bits per heavy atom. The molecule has 0 spiro atoms. The minimum atomic E-state index is 0.250. The molecule has 0 fully saturated rings. The predicted molar refractivity (Wildman–Crippen MR) is 102 cm³/mol. The molecule has 0 unspecified atom stereocenters. The van der Waals surface area contributed by atoms with Gasteiger partial charge in [0.1, 0.15) is 0 Å². The Bertz CT molecular complexity index is 942. The molecular weight excluding hydrogens is 322 g/mol. The summed E-state index contributed by atoms with van der Waals surface area (Å²) in [4.78, 5) is 17.3. The molecule has 0 aliphatic rings. The fraction of sp³-hybridized carbons (Fsp3) is 0.0476. The second-order valence-electron chi connectivity index (χ2n) is 5.89. The van der Waals surface area contributed by atoms with Crippen molar-refractivity contribution in [2.24, 2.45) is 0 Å². The number of pyridine rings is 2. The maximum Gasteiger partial charge on any atom is 0.221 e. The van der Waals surface area contributed by atoms with E-state index in [1.807, 2.05) is 42.5 Å². The molecule has 5 heteroatoms. The van der Waals surface area contributed by atoms with Crippen molar-refractivity contribution in [3.63, 3.8) is 0 Å². The third-order valence-electron chi connectivity index (χ3n) is 4.16. The van der Waals surface area contributed by atoms with Crippen molar-refractivity contribution in [1.29, 1.82) is 0 Å². The average Bonchev–Trinajstić information content (AvgIpc) is 2.71. The monoisotopic (exact) mass is 339 g/mol. The van der Waals surface area contributed by atoms with Gasteiger partial charge in [-0.2, -0.15) is 0 Å². The van der Waals surface area contributed by atoms with Crippen LogP contribution < -0.4 is 5.73 Å². The Balaban J connectivity index is 1.95. The van der Waals surface area contributed by atoms with Gasteiger partial charge in [0.15, 0.2) is 0 Å². The maximum atomic E-state index is 6.04. The van der Waals surface area contributed by atoms with E-state index in [1.165, 1.54) is 5.56 Å². The van der Waals surface area contributed by atoms with Crippen LogP contribution in [0.1, 0.15) is 11.1 Å². The van der Waals surface area contributed by atoms with Crippen LogP contribution in [-0.4, -0.2) is 19.9 Å². The molecule has 126 valence electrons. The number of anilines is 1. The van der Waals surface area contributed by atoms with Crippen LogP contribution in [0.4, 0.5) is 5.95 Å². The maximum absolute atomic E-state index is 6.04. The van der Waals surface area contributed by atoms with E-state index in [0.717, 1.165) is 28.1 Å². The molecule has 1 aromatic carbocycles. The molecule has 0 saturated heterocycles. The van der Waals surface area contributed by atoms with Gasteiger partial charge in [-0.05, 0) is 29.8 Å². The summed E-state index contributed by atoms with van der Waals surface area (Å²) in [6.45, 7) is 0. The highest BCUT2D eigenvalue weighted by molar-refractivity contribution is 5.75. The van der Waals surface area contributed by atoms with Gasteiger partial charge in [-0.25, -0.2) is 9.97 Å². The van der Waals surface area contributed by atoms with Crippen LogP contribution in [-0.2, 0) is 6.42 Å². The Morgan fingerprint density at radius 2 is 1.15 bits per heavy atom. The lowest BCUT2D eigenvalue weighted by atomic mass is 9.95. The van der Waals surface area contributed by atoms with Crippen LogP contribution in [0.3, 0.4) is 0 Å². The Hall–Kier alpha value is -3.60. The molecule has 0 saturated carbocycles. The summed E-state index contributed by atoms with van der Waals surface area (Å²) in [5.74, 6) is 0.250. The van der Waals surface area contributed by atoms with Gasteiger partial charge in [0, 0.05) is 47.9 Å². The summed E-state index contributed by atoms with van der Waals surface area (Å²) >= 11 is 0. The Morgan fingerprint density at radius 1 is 0.654 bits per heavy atom. The van der Waals surface area contributed by atoms with Gasteiger partial charge in [0.05, 0.1) is 11.4 Å². The van der Waals surface area contributed by atoms with Gasteiger partial charge >= 0.3 is 0 Å². The Kier molecular flexibility index (Phi) is 4.35. The van der Waals surface area contributed by atoms with Crippen LogP contribution in [0, 0.1) is 0 Å². The SMILES string of the molecule is Nc1nc(-c2ccncc2)c(Cc2ccccc2)c(-c2ccncc2)n1. The number of nitrogen functional groups attached to an aromatic ring is 1. The van der Waals surface area contributed by atoms with Crippen molar-refractivity contribution in [1.82, 2.24) is 19.9 Å². The smallest absolute Gasteiger partial charge is 0.221 e. The first kappa shape index (κ1) is 15.9. The molecule has 26 heavy (non-hydrogen) atoms. The number of hydrogen-bond donors (Lipinski definition) is 1. The van der Waals surface area contributed by atoms with Crippen molar-refractivity contribution in [2.45, 2.75) is 6.42 Å². The zero-order valence-corrected chi connectivity index (χ0v) is 14.1. The molecule has 4 aromatic rings. The molecule has 5 nitrogen and oxygen atoms in total. The third kappa shape index (κ3) is 3.28. The summed E-state index contributed by atoms with van der Waals surface area (Å²) < 4.78 is 0. The van der Waals surface area contributed by atoms with E-state index in [9.17, 15) is 0 Å². The van der Waals surface area contributed by atoms with Crippen molar-refractivity contribution in [2.75, 3.05) is 5.73 Å². The average molecular weight is 339 g/mol. The number of rotatable bonds is 4. The summed E-state index contributed by atoms with van der Waals surface area (Å²) in [5.41, 5.74) is 11.9. The van der Waals surface area contributed by atoms with E-state index in [0.29, 0.717) is 6.42 Å². The molecule has 0 radical (unpaired) electrons. The fourth-order valence-electron chi connectivity index (χ4n) is 2.97. The lowest BCUT2D eigenvalue weighted by Crippen LogP contribution is -2.06. The van der Waals surface area contributed by atoms with Gasteiger partial charge in [-0.1, -0.05) is 30.3 Å². The second-order valence-corrected chi connectivity index (χ2v) is 5.89. The first-order valence-electron chi connectivity index (χ1n) is 8.32. The van der Waals surface area contributed by atoms with Gasteiger partial charge in [0.25, 0.3) is 0 Å². The molecule has 0 atom stereocenters. The zero-order chi connectivity index (χ0) is 17.8. The lowest BCUT2D eigenvalue weighted by molar-refractivity contribution is 1.09. The number of hydrogen-bond acceptors (Lipinski definition) is 5. The Labute approximate surface area is 151 Å². The summed E-state index contributed by atoms with van der Waals surface area (Å²) in [5, 5.41) is 0. The summed E-state index contributed by atoms with van der Waals surface area (Å²) in [6, 6.07) is 18.0. The van der Waals surface area contributed by atoms with Crippen molar-refractivity contribution in [3.05, 3.63) is 90.5 Å². The van der Waals surface area contributed by atoms with Crippen LogP contribution in [0.25, 0.3) is 22.5 Å². The van der Waals surface area contributed by atoms with Crippen molar-refractivity contribution >= 4 is 5.95 Å². The first-order valence-corrected chi connectivity index (χ1v) is 8.32. The van der Waals surface area contributed by atoms with E-state index < -0.39 is 0 Å². The second kappa shape index (κ2) is 7.11.